The van der Waals surface area contributed by atoms with Crippen LogP contribution in [0.3, 0.4) is 0 Å². The van der Waals surface area contributed by atoms with E-state index in [4.69, 9.17) is 9.26 Å². The van der Waals surface area contributed by atoms with E-state index in [1.807, 2.05) is 5.38 Å². The summed E-state index contributed by atoms with van der Waals surface area (Å²) in [5, 5.41) is 9.71. The number of esters is 1. The van der Waals surface area contributed by atoms with Crippen molar-refractivity contribution in [3.05, 3.63) is 46.0 Å². The standard InChI is InChI=1S/C18H19N3O3S/c1-5-23-17(22)13-8-15(24-21-13)14-9-25-18(19-14)20-16-11(3)6-10(2)7-12(16)4/h6-9H,5H2,1-4H3,(H,19,20). The zero-order valence-electron chi connectivity index (χ0n) is 14.5. The van der Waals surface area contributed by atoms with Gasteiger partial charge in [-0.25, -0.2) is 9.78 Å². The maximum absolute atomic E-state index is 11.7. The Bertz CT molecular complexity index is 891. The van der Waals surface area contributed by atoms with Gasteiger partial charge in [-0.3, -0.25) is 0 Å². The van der Waals surface area contributed by atoms with Crippen LogP contribution in [0.1, 0.15) is 34.1 Å². The summed E-state index contributed by atoms with van der Waals surface area (Å²) in [6.07, 6.45) is 0. The summed E-state index contributed by atoms with van der Waals surface area (Å²) >= 11 is 1.46. The van der Waals surface area contributed by atoms with E-state index in [1.165, 1.54) is 28.0 Å². The fourth-order valence-electron chi connectivity index (χ4n) is 2.63. The molecular weight excluding hydrogens is 338 g/mol. The van der Waals surface area contributed by atoms with Gasteiger partial charge in [0, 0.05) is 17.1 Å². The number of carbonyl (C=O) groups is 1. The molecule has 3 aromatic rings. The monoisotopic (exact) mass is 357 g/mol. The molecule has 0 bridgehead atoms. The number of anilines is 2. The van der Waals surface area contributed by atoms with Gasteiger partial charge >= 0.3 is 5.97 Å². The Morgan fingerprint density at radius 3 is 2.64 bits per heavy atom. The minimum Gasteiger partial charge on any atom is -0.461 e. The van der Waals surface area contributed by atoms with E-state index < -0.39 is 5.97 Å². The Labute approximate surface area is 149 Å². The fourth-order valence-corrected chi connectivity index (χ4v) is 3.33. The van der Waals surface area contributed by atoms with Crippen molar-refractivity contribution < 1.29 is 14.1 Å². The first-order valence-electron chi connectivity index (χ1n) is 7.92. The van der Waals surface area contributed by atoms with E-state index in [0.717, 1.165) is 10.8 Å². The van der Waals surface area contributed by atoms with Crippen molar-refractivity contribution >= 4 is 28.1 Å². The van der Waals surface area contributed by atoms with Crippen LogP contribution in [0.4, 0.5) is 10.8 Å². The quantitative estimate of drug-likeness (QED) is 0.670. The molecule has 0 unspecified atom stereocenters. The summed E-state index contributed by atoms with van der Waals surface area (Å²) in [4.78, 5) is 16.2. The molecule has 0 spiro atoms. The van der Waals surface area contributed by atoms with Crippen molar-refractivity contribution in [2.75, 3.05) is 11.9 Å². The third kappa shape index (κ3) is 3.71. The second-order valence-corrected chi connectivity index (χ2v) is 6.59. The number of ether oxygens (including phenoxy) is 1. The van der Waals surface area contributed by atoms with Crippen molar-refractivity contribution in [1.82, 2.24) is 10.1 Å². The van der Waals surface area contributed by atoms with Crippen molar-refractivity contribution in [1.29, 1.82) is 0 Å². The zero-order chi connectivity index (χ0) is 18.0. The fraction of sp³-hybridized carbons (Fsp3) is 0.278. The number of hydrogen-bond acceptors (Lipinski definition) is 7. The first-order valence-corrected chi connectivity index (χ1v) is 8.80. The molecule has 0 aliphatic carbocycles. The van der Waals surface area contributed by atoms with Gasteiger partial charge in [-0.15, -0.1) is 11.3 Å². The molecule has 0 saturated heterocycles. The molecule has 7 heteroatoms. The normalized spacial score (nSPS) is 10.7. The lowest BCUT2D eigenvalue weighted by Crippen LogP contribution is -2.04. The molecule has 2 aromatic heterocycles. The van der Waals surface area contributed by atoms with Gasteiger partial charge in [0.05, 0.1) is 6.61 Å². The molecule has 1 N–H and O–H groups in total. The van der Waals surface area contributed by atoms with Crippen LogP contribution < -0.4 is 5.32 Å². The lowest BCUT2D eigenvalue weighted by Gasteiger charge is -2.11. The summed E-state index contributed by atoms with van der Waals surface area (Å²) in [6.45, 7) is 8.25. The lowest BCUT2D eigenvalue weighted by molar-refractivity contribution is 0.0514. The van der Waals surface area contributed by atoms with E-state index in [1.54, 1.807) is 13.0 Å². The van der Waals surface area contributed by atoms with Crippen LogP contribution in [-0.2, 0) is 4.74 Å². The summed E-state index contributed by atoms with van der Waals surface area (Å²) < 4.78 is 10.1. The molecule has 0 atom stereocenters. The van der Waals surface area contributed by atoms with Gasteiger partial charge < -0.3 is 14.6 Å². The molecule has 0 aliphatic heterocycles. The molecular formula is C18H19N3O3S. The molecule has 0 aliphatic rings. The van der Waals surface area contributed by atoms with Gasteiger partial charge in [0.15, 0.2) is 16.6 Å². The second-order valence-electron chi connectivity index (χ2n) is 5.73. The largest absolute Gasteiger partial charge is 0.461 e. The third-order valence-corrected chi connectivity index (χ3v) is 4.42. The number of benzene rings is 1. The van der Waals surface area contributed by atoms with E-state index >= 15 is 0 Å². The Hall–Kier alpha value is -2.67. The van der Waals surface area contributed by atoms with Crippen LogP contribution >= 0.6 is 11.3 Å². The molecule has 0 saturated carbocycles. The summed E-state index contributed by atoms with van der Waals surface area (Å²) in [7, 11) is 0. The Balaban J connectivity index is 1.81. The molecule has 3 rings (SSSR count). The molecule has 1 aromatic carbocycles. The highest BCUT2D eigenvalue weighted by Gasteiger charge is 2.17. The highest BCUT2D eigenvalue weighted by Crippen LogP contribution is 2.30. The van der Waals surface area contributed by atoms with Crippen LogP contribution in [0.2, 0.25) is 0 Å². The SMILES string of the molecule is CCOC(=O)c1cc(-c2csc(Nc3c(C)cc(C)cc3C)n2)on1. The Morgan fingerprint density at radius 2 is 1.96 bits per heavy atom. The van der Waals surface area contributed by atoms with Crippen molar-refractivity contribution in [2.45, 2.75) is 27.7 Å². The average molecular weight is 357 g/mol. The minimum atomic E-state index is -0.503. The lowest BCUT2D eigenvalue weighted by atomic mass is 10.1. The van der Waals surface area contributed by atoms with Crippen LogP contribution in [-0.4, -0.2) is 22.7 Å². The average Bonchev–Trinajstić information content (AvgIpc) is 3.20. The zero-order valence-corrected chi connectivity index (χ0v) is 15.4. The van der Waals surface area contributed by atoms with Gasteiger partial charge in [-0.05, 0) is 38.8 Å². The van der Waals surface area contributed by atoms with Crippen molar-refractivity contribution in [3.8, 4) is 11.5 Å². The van der Waals surface area contributed by atoms with Crippen molar-refractivity contribution in [3.63, 3.8) is 0 Å². The van der Waals surface area contributed by atoms with E-state index in [0.29, 0.717) is 18.1 Å². The predicted octanol–water partition coefficient (Wildman–Crippen LogP) is 4.64. The second kappa shape index (κ2) is 7.06. The predicted molar refractivity (Wildman–Crippen MR) is 97.5 cm³/mol. The smallest absolute Gasteiger partial charge is 0.360 e. The van der Waals surface area contributed by atoms with E-state index in [2.05, 4.69) is 48.4 Å². The Kier molecular flexibility index (Phi) is 4.85. The van der Waals surface area contributed by atoms with Crippen molar-refractivity contribution in [2.24, 2.45) is 0 Å². The van der Waals surface area contributed by atoms with E-state index in [9.17, 15) is 4.79 Å². The molecule has 6 nitrogen and oxygen atoms in total. The number of carbonyl (C=O) groups excluding carboxylic acids is 1. The number of nitrogens with one attached hydrogen (secondary N) is 1. The molecule has 0 amide bonds. The topological polar surface area (TPSA) is 77.2 Å². The van der Waals surface area contributed by atoms with Crippen LogP contribution in [0.25, 0.3) is 11.5 Å². The van der Waals surface area contributed by atoms with E-state index in [-0.39, 0.29) is 5.69 Å². The van der Waals surface area contributed by atoms with Crippen LogP contribution in [0.15, 0.2) is 28.1 Å². The van der Waals surface area contributed by atoms with Gasteiger partial charge in [0.1, 0.15) is 5.69 Å². The van der Waals surface area contributed by atoms with Gasteiger partial charge in [0.25, 0.3) is 0 Å². The number of thiazole rings is 1. The third-order valence-electron chi connectivity index (χ3n) is 3.66. The molecule has 0 fully saturated rings. The van der Waals surface area contributed by atoms with Crippen LogP contribution in [0.5, 0.6) is 0 Å². The molecule has 130 valence electrons. The number of rotatable bonds is 5. The molecule has 0 radical (unpaired) electrons. The maximum Gasteiger partial charge on any atom is 0.360 e. The first kappa shape index (κ1) is 17.2. The highest BCUT2D eigenvalue weighted by atomic mass is 32.1. The number of hydrogen-bond donors (Lipinski definition) is 1. The molecule has 2 heterocycles. The Morgan fingerprint density at radius 1 is 1.24 bits per heavy atom. The minimum absolute atomic E-state index is 0.143. The number of nitrogens with zero attached hydrogens (tertiary/aromatic N) is 2. The van der Waals surface area contributed by atoms with Crippen LogP contribution in [0, 0.1) is 20.8 Å². The number of aromatic nitrogens is 2. The highest BCUT2D eigenvalue weighted by molar-refractivity contribution is 7.14. The summed E-state index contributed by atoms with van der Waals surface area (Å²) in [6, 6.07) is 5.80. The summed E-state index contributed by atoms with van der Waals surface area (Å²) in [5.74, 6) is -0.0679. The van der Waals surface area contributed by atoms with Gasteiger partial charge in [-0.1, -0.05) is 22.9 Å². The summed E-state index contributed by atoms with van der Waals surface area (Å²) in [5.41, 5.74) is 5.38. The van der Waals surface area contributed by atoms with Gasteiger partial charge in [-0.2, -0.15) is 0 Å². The first-order chi connectivity index (χ1) is 12.0. The van der Waals surface area contributed by atoms with Gasteiger partial charge in [0.2, 0.25) is 0 Å². The maximum atomic E-state index is 11.7. The number of aryl methyl sites for hydroxylation is 3. The molecule has 25 heavy (non-hydrogen) atoms.